The number of nitrogens with one attached hydrogen (secondary N) is 1. The number of amides is 1. The van der Waals surface area contributed by atoms with E-state index >= 15 is 0 Å². The summed E-state index contributed by atoms with van der Waals surface area (Å²) in [7, 11) is -5.13. The predicted molar refractivity (Wildman–Crippen MR) is 172 cm³/mol. The van der Waals surface area contributed by atoms with Crippen LogP contribution in [0.5, 0.6) is 0 Å². The van der Waals surface area contributed by atoms with E-state index < -0.39 is 31.1 Å². The summed E-state index contributed by atoms with van der Waals surface area (Å²) in [5.74, 6) is 1.10. The fourth-order valence-corrected chi connectivity index (χ4v) is 6.84. The van der Waals surface area contributed by atoms with Crippen LogP contribution in [0.15, 0.2) is 70.5 Å². The molecule has 2 aromatic carbocycles. The zero-order valence-corrected chi connectivity index (χ0v) is 29.1. The zero-order chi connectivity index (χ0) is 32.6. The van der Waals surface area contributed by atoms with E-state index in [1.807, 2.05) is 67.2 Å². The molecule has 1 N–H and O–H groups in total. The standard InChI is InChI=1S/C11H17NO2S.C11H21NO.C10H15NO2S/c1-11(2,3)12(4)15(13,14)10-8-6-5-7-9-10;1-9-5-7-12(8-6-9)10(13)11(2,3)4;1-10(2,3)11-14(12,13)9-7-5-4-6-8-9/h5-9H,1-4H3;9H,5-8H2,1-4H3;4-8,11H,1-3H3. The Morgan fingerprint density at radius 3 is 1.52 bits per heavy atom. The van der Waals surface area contributed by atoms with Crippen LogP contribution < -0.4 is 4.72 Å². The molecule has 3 rings (SSSR count). The summed E-state index contributed by atoms with van der Waals surface area (Å²) in [5.41, 5.74) is -1.07. The van der Waals surface area contributed by atoms with Crippen LogP contribution in [-0.2, 0) is 24.8 Å². The third-order valence-electron chi connectivity index (χ3n) is 6.55. The maximum Gasteiger partial charge on any atom is 0.243 e. The molecule has 0 radical (unpaired) electrons. The number of sulfonamides is 2. The molecular weight excluding hydrogens is 571 g/mol. The third-order valence-corrected chi connectivity index (χ3v) is 10.5. The molecule has 0 spiro atoms. The van der Waals surface area contributed by atoms with Gasteiger partial charge in [0.15, 0.2) is 0 Å². The SMILES string of the molecule is CC(C)(C)NS(=O)(=O)c1ccccc1.CC1CCN(C(=O)C(C)(C)C)CC1.CN(C(C)(C)C)S(=O)(=O)c1ccccc1. The Kier molecular flexibility index (Phi) is 13.4. The number of nitrogens with zero attached hydrogens (tertiary/aromatic N) is 2. The van der Waals surface area contributed by atoms with E-state index in [2.05, 4.69) is 11.6 Å². The molecular formula is C32H53N3O5S2. The van der Waals surface area contributed by atoms with Gasteiger partial charge in [0.2, 0.25) is 26.0 Å². The smallest absolute Gasteiger partial charge is 0.243 e. The number of rotatable bonds is 4. The van der Waals surface area contributed by atoms with Crippen LogP contribution in [0.2, 0.25) is 0 Å². The van der Waals surface area contributed by atoms with Crippen molar-refractivity contribution in [1.82, 2.24) is 13.9 Å². The van der Waals surface area contributed by atoms with Crippen LogP contribution in [0.25, 0.3) is 0 Å². The minimum absolute atomic E-state index is 0.208. The van der Waals surface area contributed by atoms with Crippen LogP contribution in [0.4, 0.5) is 0 Å². The van der Waals surface area contributed by atoms with Gasteiger partial charge in [-0.25, -0.2) is 21.6 Å². The molecule has 238 valence electrons. The highest BCUT2D eigenvalue weighted by Gasteiger charge is 2.30. The summed E-state index contributed by atoms with van der Waals surface area (Å²) in [4.78, 5) is 14.5. The van der Waals surface area contributed by atoms with Crippen molar-refractivity contribution in [3.8, 4) is 0 Å². The van der Waals surface area contributed by atoms with Crippen molar-refractivity contribution < 1.29 is 21.6 Å². The molecule has 0 bridgehead atoms. The summed E-state index contributed by atoms with van der Waals surface area (Å²) in [6, 6.07) is 16.8. The molecule has 8 nitrogen and oxygen atoms in total. The Labute approximate surface area is 256 Å². The van der Waals surface area contributed by atoms with E-state index in [0.29, 0.717) is 15.7 Å². The maximum atomic E-state index is 12.1. The first-order chi connectivity index (χ1) is 19.0. The molecule has 1 aliphatic heterocycles. The van der Waals surface area contributed by atoms with Gasteiger partial charge in [-0.3, -0.25) is 4.79 Å². The van der Waals surface area contributed by atoms with Gasteiger partial charge in [-0.15, -0.1) is 0 Å². The number of carbonyl (C=O) groups excluding carboxylic acids is 1. The van der Waals surface area contributed by atoms with Gasteiger partial charge in [0, 0.05) is 36.6 Å². The highest BCUT2D eigenvalue weighted by atomic mass is 32.2. The summed E-state index contributed by atoms with van der Waals surface area (Å²) >= 11 is 0. The Bertz CT molecular complexity index is 1320. The number of hydrogen-bond acceptors (Lipinski definition) is 5. The first-order valence-corrected chi connectivity index (χ1v) is 17.3. The van der Waals surface area contributed by atoms with E-state index in [1.165, 1.54) is 17.1 Å². The van der Waals surface area contributed by atoms with E-state index in [4.69, 9.17) is 0 Å². The Hall–Kier alpha value is -2.27. The first-order valence-electron chi connectivity index (χ1n) is 14.4. The van der Waals surface area contributed by atoms with Crippen molar-refractivity contribution in [2.24, 2.45) is 11.3 Å². The number of benzene rings is 2. The normalized spacial score (nSPS) is 15.3. The van der Waals surface area contributed by atoms with E-state index in [1.54, 1.807) is 67.7 Å². The fourth-order valence-electron chi connectivity index (χ4n) is 3.86. The second-order valence-electron chi connectivity index (χ2n) is 13.8. The average molecular weight is 624 g/mol. The van der Waals surface area contributed by atoms with Crippen LogP contribution in [-0.4, -0.2) is 63.2 Å². The van der Waals surface area contributed by atoms with Crippen molar-refractivity contribution in [3.63, 3.8) is 0 Å². The highest BCUT2D eigenvalue weighted by molar-refractivity contribution is 7.89. The fraction of sp³-hybridized carbons (Fsp3) is 0.594. The Balaban J connectivity index is 0.000000316. The molecule has 42 heavy (non-hydrogen) atoms. The molecule has 0 aliphatic carbocycles. The molecule has 2 aromatic rings. The number of hydrogen-bond donors (Lipinski definition) is 1. The lowest BCUT2D eigenvalue weighted by molar-refractivity contribution is -0.140. The second-order valence-corrected chi connectivity index (χ2v) is 17.5. The predicted octanol–water partition coefficient (Wildman–Crippen LogP) is 6.16. The topological polar surface area (TPSA) is 104 Å². The van der Waals surface area contributed by atoms with Gasteiger partial charge in [-0.2, -0.15) is 4.31 Å². The lowest BCUT2D eigenvalue weighted by Crippen LogP contribution is -2.43. The van der Waals surface area contributed by atoms with E-state index in [-0.39, 0.29) is 5.41 Å². The minimum atomic E-state index is -3.37. The van der Waals surface area contributed by atoms with E-state index in [9.17, 15) is 21.6 Å². The van der Waals surface area contributed by atoms with Gasteiger partial charge < -0.3 is 4.90 Å². The monoisotopic (exact) mass is 623 g/mol. The summed E-state index contributed by atoms with van der Waals surface area (Å²) in [6.45, 7) is 21.2. The van der Waals surface area contributed by atoms with Gasteiger partial charge in [0.05, 0.1) is 9.79 Å². The summed E-state index contributed by atoms with van der Waals surface area (Å²) in [6.07, 6.45) is 2.34. The number of likely N-dealkylation sites (tertiary alicyclic amines) is 1. The van der Waals surface area contributed by atoms with Crippen molar-refractivity contribution >= 4 is 26.0 Å². The highest BCUT2D eigenvalue weighted by Crippen LogP contribution is 2.23. The molecule has 0 atom stereocenters. The van der Waals surface area contributed by atoms with Crippen molar-refractivity contribution in [1.29, 1.82) is 0 Å². The van der Waals surface area contributed by atoms with Gasteiger partial charge in [0.25, 0.3) is 0 Å². The minimum Gasteiger partial charge on any atom is -0.342 e. The van der Waals surface area contributed by atoms with Crippen molar-refractivity contribution in [2.45, 2.75) is 103 Å². The molecule has 1 amide bonds. The molecule has 0 aromatic heterocycles. The van der Waals surface area contributed by atoms with Crippen LogP contribution >= 0.6 is 0 Å². The Morgan fingerprint density at radius 1 is 0.762 bits per heavy atom. The van der Waals surface area contributed by atoms with Crippen molar-refractivity contribution in [3.05, 3.63) is 60.7 Å². The zero-order valence-electron chi connectivity index (χ0n) is 27.4. The second kappa shape index (κ2) is 14.9. The molecule has 1 aliphatic rings. The molecule has 0 saturated carbocycles. The molecule has 1 fully saturated rings. The quantitative estimate of drug-likeness (QED) is 0.439. The molecule has 0 unspecified atom stereocenters. The molecule has 1 heterocycles. The molecule has 1 saturated heterocycles. The van der Waals surface area contributed by atoms with Gasteiger partial charge in [-0.1, -0.05) is 64.1 Å². The molecule has 10 heteroatoms. The largest absolute Gasteiger partial charge is 0.342 e. The van der Waals surface area contributed by atoms with Crippen molar-refractivity contribution in [2.75, 3.05) is 20.1 Å². The lowest BCUT2D eigenvalue weighted by Gasteiger charge is -2.34. The van der Waals surface area contributed by atoms with E-state index in [0.717, 1.165) is 19.0 Å². The van der Waals surface area contributed by atoms with Gasteiger partial charge in [0.1, 0.15) is 0 Å². The first kappa shape index (κ1) is 37.8. The maximum absolute atomic E-state index is 12.1. The Morgan fingerprint density at radius 2 is 1.17 bits per heavy atom. The number of carbonyl (C=O) groups is 1. The van der Waals surface area contributed by atoms with Crippen LogP contribution in [0.3, 0.4) is 0 Å². The van der Waals surface area contributed by atoms with Crippen LogP contribution in [0.1, 0.15) is 82.1 Å². The van der Waals surface area contributed by atoms with Crippen LogP contribution in [0, 0.1) is 11.3 Å². The summed E-state index contributed by atoms with van der Waals surface area (Å²) in [5, 5.41) is 0. The lowest BCUT2D eigenvalue weighted by atomic mass is 9.92. The number of piperidine rings is 1. The third kappa shape index (κ3) is 12.5. The van der Waals surface area contributed by atoms with Gasteiger partial charge >= 0.3 is 0 Å². The van der Waals surface area contributed by atoms with Gasteiger partial charge in [-0.05, 0) is 84.6 Å². The summed E-state index contributed by atoms with van der Waals surface area (Å²) < 4.78 is 51.7. The average Bonchev–Trinajstić information content (AvgIpc) is 2.88.